The molecule has 0 spiro atoms. The molecule has 0 fully saturated rings. The van der Waals surface area contributed by atoms with Gasteiger partial charge in [0.05, 0.1) is 5.69 Å². The van der Waals surface area contributed by atoms with Gasteiger partial charge in [-0.25, -0.2) is 0 Å². The van der Waals surface area contributed by atoms with Gasteiger partial charge in [0.2, 0.25) is 11.8 Å². The van der Waals surface area contributed by atoms with Gasteiger partial charge in [0.25, 0.3) is 0 Å². The Bertz CT molecular complexity index is 407. The third-order valence-electron chi connectivity index (χ3n) is 2.40. The SMILES string of the molecule is CC(=O)N(CC(N)=O)c1c(C)cccc1C. The fraction of sp³-hybridized carbons (Fsp3) is 0.333. The van der Waals surface area contributed by atoms with Crippen LogP contribution in [0.5, 0.6) is 0 Å². The van der Waals surface area contributed by atoms with Gasteiger partial charge in [0, 0.05) is 6.92 Å². The molecule has 0 aliphatic carbocycles. The highest BCUT2D eigenvalue weighted by atomic mass is 16.2. The molecule has 16 heavy (non-hydrogen) atoms. The Morgan fingerprint density at radius 2 is 1.75 bits per heavy atom. The van der Waals surface area contributed by atoms with Crippen molar-refractivity contribution in [1.29, 1.82) is 0 Å². The molecule has 2 N–H and O–H groups in total. The fourth-order valence-corrected chi connectivity index (χ4v) is 1.74. The van der Waals surface area contributed by atoms with Crippen LogP contribution >= 0.6 is 0 Å². The van der Waals surface area contributed by atoms with Crippen molar-refractivity contribution < 1.29 is 9.59 Å². The summed E-state index contributed by atoms with van der Waals surface area (Å²) in [5, 5.41) is 0. The van der Waals surface area contributed by atoms with Crippen molar-refractivity contribution in [1.82, 2.24) is 0 Å². The summed E-state index contributed by atoms with van der Waals surface area (Å²) < 4.78 is 0. The Hall–Kier alpha value is -1.84. The van der Waals surface area contributed by atoms with E-state index in [1.807, 2.05) is 32.0 Å². The van der Waals surface area contributed by atoms with Crippen molar-refractivity contribution in [2.75, 3.05) is 11.4 Å². The molecule has 0 aliphatic heterocycles. The van der Waals surface area contributed by atoms with Gasteiger partial charge < -0.3 is 10.6 Å². The highest BCUT2D eigenvalue weighted by molar-refractivity contribution is 5.98. The van der Waals surface area contributed by atoms with E-state index in [1.165, 1.54) is 11.8 Å². The number of para-hydroxylation sites is 1. The molecule has 0 saturated carbocycles. The Kier molecular flexibility index (Phi) is 3.66. The molecule has 0 bridgehead atoms. The number of amides is 2. The van der Waals surface area contributed by atoms with Gasteiger partial charge in [-0.1, -0.05) is 18.2 Å². The first kappa shape index (κ1) is 12.2. The van der Waals surface area contributed by atoms with Crippen LogP contribution < -0.4 is 10.6 Å². The van der Waals surface area contributed by atoms with Gasteiger partial charge in [-0.05, 0) is 25.0 Å². The van der Waals surface area contributed by atoms with Crippen LogP contribution in [0.3, 0.4) is 0 Å². The molecule has 1 aromatic rings. The number of benzene rings is 1. The Morgan fingerprint density at radius 1 is 1.25 bits per heavy atom. The van der Waals surface area contributed by atoms with Gasteiger partial charge in [0.15, 0.2) is 0 Å². The first-order chi connectivity index (χ1) is 7.43. The quantitative estimate of drug-likeness (QED) is 0.830. The molecule has 0 aliphatic rings. The van der Waals surface area contributed by atoms with Gasteiger partial charge in [-0.3, -0.25) is 9.59 Å². The van der Waals surface area contributed by atoms with E-state index in [-0.39, 0.29) is 12.5 Å². The van der Waals surface area contributed by atoms with Crippen LogP contribution in [0.25, 0.3) is 0 Å². The molecule has 0 radical (unpaired) electrons. The standard InChI is InChI=1S/C12H16N2O2/c1-8-5-4-6-9(2)12(8)14(10(3)15)7-11(13)16/h4-6H,7H2,1-3H3,(H2,13,16). The monoisotopic (exact) mass is 220 g/mol. The molecule has 2 amide bonds. The molecule has 0 saturated heterocycles. The topological polar surface area (TPSA) is 63.4 Å². The average Bonchev–Trinajstić information content (AvgIpc) is 2.15. The number of aryl methyl sites for hydroxylation is 2. The van der Waals surface area contributed by atoms with E-state index in [0.717, 1.165) is 16.8 Å². The predicted molar refractivity (Wildman–Crippen MR) is 63.1 cm³/mol. The third-order valence-corrected chi connectivity index (χ3v) is 2.40. The lowest BCUT2D eigenvalue weighted by Crippen LogP contribution is -2.37. The van der Waals surface area contributed by atoms with Gasteiger partial charge >= 0.3 is 0 Å². The minimum Gasteiger partial charge on any atom is -0.368 e. The summed E-state index contributed by atoms with van der Waals surface area (Å²) in [7, 11) is 0. The van der Waals surface area contributed by atoms with Crippen LogP contribution in [0.4, 0.5) is 5.69 Å². The van der Waals surface area contributed by atoms with Crippen molar-refractivity contribution in [3.05, 3.63) is 29.3 Å². The molecular formula is C12H16N2O2. The maximum absolute atomic E-state index is 11.5. The molecule has 0 heterocycles. The van der Waals surface area contributed by atoms with Crippen LogP contribution in [0.2, 0.25) is 0 Å². The van der Waals surface area contributed by atoms with Crippen molar-refractivity contribution >= 4 is 17.5 Å². The number of nitrogens with two attached hydrogens (primary N) is 1. The molecule has 0 aromatic heterocycles. The average molecular weight is 220 g/mol. The van der Waals surface area contributed by atoms with E-state index in [4.69, 9.17) is 5.73 Å². The van der Waals surface area contributed by atoms with Crippen LogP contribution in [0, 0.1) is 13.8 Å². The summed E-state index contributed by atoms with van der Waals surface area (Å²) in [5.74, 6) is -0.700. The molecule has 0 unspecified atom stereocenters. The number of rotatable bonds is 3. The molecule has 0 atom stereocenters. The van der Waals surface area contributed by atoms with E-state index < -0.39 is 5.91 Å². The zero-order valence-corrected chi connectivity index (χ0v) is 9.78. The summed E-state index contributed by atoms with van der Waals surface area (Å²) in [5.41, 5.74) is 7.82. The summed E-state index contributed by atoms with van der Waals surface area (Å²) in [6.07, 6.45) is 0. The van der Waals surface area contributed by atoms with Crippen molar-refractivity contribution in [3.8, 4) is 0 Å². The third kappa shape index (κ3) is 2.59. The lowest BCUT2D eigenvalue weighted by Gasteiger charge is -2.23. The Labute approximate surface area is 95.0 Å². The van der Waals surface area contributed by atoms with Gasteiger partial charge in [0.1, 0.15) is 6.54 Å². The summed E-state index contributed by atoms with van der Waals surface area (Å²) in [4.78, 5) is 23.9. The number of nitrogens with zero attached hydrogens (tertiary/aromatic N) is 1. The van der Waals surface area contributed by atoms with Crippen LogP contribution in [0.1, 0.15) is 18.1 Å². The highest BCUT2D eigenvalue weighted by Crippen LogP contribution is 2.24. The maximum atomic E-state index is 11.5. The number of hydrogen-bond acceptors (Lipinski definition) is 2. The van der Waals surface area contributed by atoms with E-state index in [2.05, 4.69) is 0 Å². The second kappa shape index (κ2) is 4.79. The van der Waals surface area contributed by atoms with E-state index in [0.29, 0.717) is 0 Å². The Balaban J connectivity index is 3.20. The summed E-state index contributed by atoms with van der Waals surface area (Å²) in [6, 6.07) is 5.72. The lowest BCUT2D eigenvalue weighted by atomic mass is 10.1. The molecular weight excluding hydrogens is 204 g/mol. The number of anilines is 1. The summed E-state index contributed by atoms with van der Waals surface area (Å²) in [6.45, 7) is 5.15. The van der Waals surface area contributed by atoms with Gasteiger partial charge in [-0.15, -0.1) is 0 Å². The zero-order chi connectivity index (χ0) is 12.3. The minimum atomic E-state index is -0.516. The van der Waals surface area contributed by atoms with Crippen LogP contribution in [-0.2, 0) is 9.59 Å². The number of primary amides is 1. The second-order valence-corrected chi connectivity index (χ2v) is 3.81. The maximum Gasteiger partial charge on any atom is 0.237 e. The zero-order valence-electron chi connectivity index (χ0n) is 9.78. The van der Waals surface area contributed by atoms with Crippen LogP contribution in [0.15, 0.2) is 18.2 Å². The lowest BCUT2D eigenvalue weighted by molar-refractivity contribution is -0.121. The molecule has 86 valence electrons. The smallest absolute Gasteiger partial charge is 0.237 e. The molecule has 4 nitrogen and oxygen atoms in total. The van der Waals surface area contributed by atoms with Crippen LogP contribution in [-0.4, -0.2) is 18.4 Å². The first-order valence-electron chi connectivity index (χ1n) is 5.06. The summed E-state index contributed by atoms with van der Waals surface area (Å²) >= 11 is 0. The van der Waals surface area contributed by atoms with E-state index in [1.54, 1.807) is 0 Å². The highest BCUT2D eigenvalue weighted by Gasteiger charge is 2.17. The largest absolute Gasteiger partial charge is 0.368 e. The molecule has 1 aromatic carbocycles. The van der Waals surface area contributed by atoms with Crippen molar-refractivity contribution in [3.63, 3.8) is 0 Å². The number of carbonyl (C=O) groups excluding carboxylic acids is 2. The number of hydrogen-bond donors (Lipinski definition) is 1. The molecule has 1 rings (SSSR count). The Morgan fingerprint density at radius 3 is 2.12 bits per heavy atom. The van der Waals surface area contributed by atoms with E-state index in [9.17, 15) is 9.59 Å². The van der Waals surface area contributed by atoms with Crippen molar-refractivity contribution in [2.45, 2.75) is 20.8 Å². The second-order valence-electron chi connectivity index (χ2n) is 3.81. The van der Waals surface area contributed by atoms with Gasteiger partial charge in [-0.2, -0.15) is 0 Å². The molecule has 4 heteroatoms. The normalized spacial score (nSPS) is 9.94. The number of carbonyl (C=O) groups is 2. The predicted octanol–water partition coefficient (Wildman–Crippen LogP) is 1.14. The minimum absolute atomic E-state index is 0.0823. The van der Waals surface area contributed by atoms with E-state index >= 15 is 0 Å². The first-order valence-corrected chi connectivity index (χ1v) is 5.06. The van der Waals surface area contributed by atoms with Crippen molar-refractivity contribution in [2.24, 2.45) is 5.73 Å². The fourth-order valence-electron chi connectivity index (χ4n) is 1.74.